The number of imidazole rings is 1. The summed E-state index contributed by atoms with van der Waals surface area (Å²) in [5, 5.41) is 3.47. The molecule has 0 saturated carbocycles. The summed E-state index contributed by atoms with van der Waals surface area (Å²) in [6.07, 6.45) is 1.73. The van der Waals surface area contributed by atoms with E-state index in [2.05, 4.69) is 98.3 Å². The van der Waals surface area contributed by atoms with Crippen molar-refractivity contribution in [2.75, 3.05) is 0 Å². The second-order valence-corrected chi connectivity index (χ2v) is 11.0. The molecule has 0 bridgehead atoms. The monoisotopic (exact) mass is 490 g/mol. The molecule has 3 aromatic carbocycles. The van der Waals surface area contributed by atoms with Crippen molar-refractivity contribution in [3.05, 3.63) is 101 Å². The molecule has 0 fully saturated rings. The molecule has 0 aliphatic carbocycles. The summed E-state index contributed by atoms with van der Waals surface area (Å²) in [5.74, 6) is 2.81. The number of nitrogens with zero attached hydrogens (tertiary/aromatic N) is 2. The van der Waals surface area contributed by atoms with Gasteiger partial charge in [0.05, 0.1) is 23.8 Å². The molecule has 0 radical (unpaired) electrons. The van der Waals surface area contributed by atoms with Gasteiger partial charge in [-0.1, -0.05) is 58.0 Å². The number of hydrogen-bond acceptors (Lipinski definition) is 3. The van der Waals surface area contributed by atoms with Crippen LogP contribution in [0, 0.1) is 0 Å². The molecule has 0 saturated heterocycles. The normalized spacial score (nSPS) is 11.9. The summed E-state index contributed by atoms with van der Waals surface area (Å²) in [7, 11) is 0. The van der Waals surface area contributed by atoms with Gasteiger partial charge in [0.2, 0.25) is 0 Å². The van der Waals surface area contributed by atoms with Gasteiger partial charge in [-0.05, 0) is 71.0 Å². The van der Waals surface area contributed by atoms with E-state index in [-0.39, 0.29) is 0 Å². The van der Waals surface area contributed by atoms with E-state index in [1.165, 1.54) is 37.9 Å². The Morgan fingerprint density at radius 2 is 1.64 bits per heavy atom. The number of rotatable bonds is 6. The van der Waals surface area contributed by atoms with Crippen LogP contribution < -0.4 is 0 Å². The molecule has 0 atom stereocenters. The Balaban J connectivity index is 1.58. The molecule has 0 N–H and O–H groups in total. The fourth-order valence-corrected chi connectivity index (χ4v) is 6.21. The van der Waals surface area contributed by atoms with Crippen LogP contribution in [-0.4, -0.2) is 9.55 Å². The van der Waals surface area contributed by atoms with Gasteiger partial charge in [-0.15, -0.1) is 11.3 Å². The highest BCUT2D eigenvalue weighted by Crippen LogP contribution is 2.39. The maximum absolute atomic E-state index is 5.70. The quantitative estimate of drug-likeness (QED) is 0.233. The van der Waals surface area contributed by atoms with Gasteiger partial charge >= 0.3 is 0 Å². The zero-order valence-electron chi connectivity index (χ0n) is 21.2. The smallest absolute Gasteiger partial charge is 0.142 e. The third-order valence-electron chi connectivity index (χ3n) is 7.08. The first kappa shape index (κ1) is 22.8. The van der Waals surface area contributed by atoms with E-state index in [0.29, 0.717) is 11.8 Å². The minimum atomic E-state index is 0.453. The maximum Gasteiger partial charge on any atom is 0.142 e. The zero-order chi connectivity index (χ0) is 24.8. The summed E-state index contributed by atoms with van der Waals surface area (Å²) in [5.41, 5.74) is 8.71. The summed E-state index contributed by atoms with van der Waals surface area (Å²) in [4.78, 5) is 5.19. The van der Waals surface area contributed by atoms with Crippen molar-refractivity contribution < 1.29 is 4.42 Å². The highest BCUT2D eigenvalue weighted by Gasteiger charge is 2.20. The highest BCUT2D eigenvalue weighted by molar-refractivity contribution is 7.17. The minimum absolute atomic E-state index is 0.453. The number of thiophene rings is 1. The van der Waals surface area contributed by atoms with Crippen molar-refractivity contribution in [2.45, 2.75) is 46.1 Å². The molecule has 36 heavy (non-hydrogen) atoms. The molecule has 0 unspecified atom stereocenters. The average Bonchev–Trinajstić information content (AvgIpc) is 3.62. The van der Waals surface area contributed by atoms with Crippen LogP contribution in [-0.2, 0) is 6.54 Å². The predicted molar refractivity (Wildman–Crippen MR) is 152 cm³/mol. The predicted octanol–water partition coefficient (Wildman–Crippen LogP) is 9.47. The lowest BCUT2D eigenvalue weighted by Crippen LogP contribution is -2.10. The number of aromatic nitrogens is 2. The fraction of sp³-hybridized carbons (Fsp3) is 0.219. The van der Waals surface area contributed by atoms with Crippen molar-refractivity contribution in [1.82, 2.24) is 9.55 Å². The van der Waals surface area contributed by atoms with Gasteiger partial charge in [0.15, 0.2) is 0 Å². The summed E-state index contributed by atoms with van der Waals surface area (Å²) in [6, 6.07) is 25.8. The Bertz CT molecular complexity index is 1640. The van der Waals surface area contributed by atoms with Crippen LogP contribution in [0.4, 0.5) is 0 Å². The van der Waals surface area contributed by atoms with Crippen LogP contribution in [0.1, 0.15) is 56.2 Å². The Morgan fingerprint density at radius 3 is 2.36 bits per heavy atom. The molecule has 3 nitrogen and oxygen atoms in total. The van der Waals surface area contributed by atoms with Crippen molar-refractivity contribution in [2.24, 2.45) is 0 Å². The maximum atomic E-state index is 5.70. The van der Waals surface area contributed by atoms with Gasteiger partial charge in [-0.2, -0.15) is 0 Å². The first-order valence-electron chi connectivity index (χ1n) is 12.6. The Labute approximate surface area is 216 Å². The molecular weight excluding hydrogens is 460 g/mol. The average molecular weight is 491 g/mol. The van der Waals surface area contributed by atoms with Crippen LogP contribution >= 0.6 is 11.3 Å². The number of fused-ring (bicyclic) bond motifs is 2. The van der Waals surface area contributed by atoms with Gasteiger partial charge < -0.3 is 8.98 Å². The van der Waals surface area contributed by atoms with Crippen LogP contribution in [0.2, 0.25) is 0 Å². The van der Waals surface area contributed by atoms with E-state index in [1.54, 1.807) is 17.6 Å². The van der Waals surface area contributed by atoms with Crippen LogP contribution in [0.5, 0.6) is 0 Å². The molecule has 3 heterocycles. The highest BCUT2D eigenvalue weighted by atomic mass is 32.1. The number of furan rings is 1. The molecule has 0 aliphatic rings. The van der Waals surface area contributed by atoms with Crippen molar-refractivity contribution in [1.29, 1.82) is 0 Å². The van der Waals surface area contributed by atoms with E-state index in [4.69, 9.17) is 9.40 Å². The number of para-hydroxylation sites is 2. The summed E-state index contributed by atoms with van der Waals surface area (Å²) in [6.45, 7) is 9.96. The Morgan fingerprint density at radius 1 is 0.861 bits per heavy atom. The van der Waals surface area contributed by atoms with Gasteiger partial charge in [0.25, 0.3) is 0 Å². The SMILES string of the molecule is CC(C)c1cccc(C(C)C)c1Cn1c(-c2csc3ccc(-c4ccco4)cc23)nc2ccccc21. The lowest BCUT2D eigenvalue weighted by molar-refractivity contribution is 0.582. The topological polar surface area (TPSA) is 31.0 Å². The molecule has 3 aromatic heterocycles. The second kappa shape index (κ2) is 9.11. The van der Waals surface area contributed by atoms with E-state index < -0.39 is 0 Å². The lowest BCUT2D eigenvalue weighted by Gasteiger charge is -2.21. The van der Waals surface area contributed by atoms with E-state index in [9.17, 15) is 0 Å². The molecule has 180 valence electrons. The molecular formula is C32H30N2OS. The van der Waals surface area contributed by atoms with Gasteiger partial charge in [0, 0.05) is 26.6 Å². The minimum Gasteiger partial charge on any atom is -0.464 e. The van der Waals surface area contributed by atoms with Crippen molar-refractivity contribution in [3.8, 4) is 22.7 Å². The summed E-state index contributed by atoms with van der Waals surface area (Å²) < 4.78 is 9.37. The van der Waals surface area contributed by atoms with E-state index in [0.717, 1.165) is 29.2 Å². The zero-order valence-corrected chi connectivity index (χ0v) is 22.0. The second-order valence-electron chi connectivity index (χ2n) is 10.1. The van der Waals surface area contributed by atoms with Crippen LogP contribution in [0.25, 0.3) is 43.8 Å². The third-order valence-corrected chi connectivity index (χ3v) is 8.05. The van der Waals surface area contributed by atoms with Crippen molar-refractivity contribution in [3.63, 3.8) is 0 Å². The number of hydrogen-bond donors (Lipinski definition) is 0. The molecule has 0 aliphatic heterocycles. The molecule has 6 rings (SSSR count). The molecule has 4 heteroatoms. The first-order valence-corrected chi connectivity index (χ1v) is 13.5. The third kappa shape index (κ3) is 3.86. The fourth-order valence-electron chi connectivity index (χ4n) is 5.29. The summed E-state index contributed by atoms with van der Waals surface area (Å²) >= 11 is 1.77. The van der Waals surface area contributed by atoms with E-state index >= 15 is 0 Å². The van der Waals surface area contributed by atoms with E-state index in [1.807, 2.05) is 12.1 Å². The lowest BCUT2D eigenvalue weighted by atomic mass is 9.88. The molecule has 6 aromatic rings. The van der Waals surface area contributed by atoms with Gasteiger partial charge in [-0.25, -0.2) is 4.98 Å². The Kier molecular flexibility index (Phi) is 5.77. The first-order chi connectivity index (χ1) is 17.5. The largest absolute Gasteiger partial charge is 0.464 e. The molecule has 0 amide bonds. The van der Waals surface area contributed by atoms with Gasteiger partial charge in [0.1, 0.15) is 11.6 Å². The Hall–Kier alpha value is -3.63. The number of benzene rings is 3. The molecule has 0 spiro atoms. The standard InChI is InChI=1S/C32H30N2OS/c1-20(2)23-9-7-10-24(21(3)4)26(23)18-34-29-12-6-5-11-28(29)33-32(34)27-19-36-31-15-14-22(17-25(27)31)30-13-8-16-35-30/h5-17,19-21H,18H2,1-4H3. The van der Waals surface area contributed by atoms with Crippen LogP contribution in [0.15, 0.2) is 88.9 Å². The van der Waals surface area contributed by atoms with Crippen molar-refractivity contribution >= 4 is 32.5 Å². The van der Waals surface area contributed by atoms with Crippen LogP contribution in [0.3, 0.4) is 0 Å². The van der Waals surface area contributed by atoms with Gasteiger partial charge in [-0.3, -0.25) is 0 Å².